The van der Waals surface area contributed by atoms with Crippen molar-refractivity contribution in [2.45, 2.75) is 30.8 Å². The summed E-state index contributed by atoms with van der Waals surface area (Å²) < 4.78 is 25.9. The van der Waals surface area contributed by atoms with Gasteiger partial charge in [-0.2, -0.15) is 4.31 Å². The summed E-state index contributed by atoms with van der Waals surface area (Å²) >= 11 is 0. The summed E-state index contributed by atoms with van der Waals surface area (Å²) in [4.78, 5) is 3.98. The lowest BCUT2D eigenvalue weighted by Gasteiger charge is -2.29. The molecule has 6 heteroatoms. The molecule has 0 bridgehead atoms. The molecular weight excluding hydrogens is 250 g/mol. The smallest absolute Gasteiger partial charge is 0.260 e. The van der Waals surface area contributed by atoms with Gasteiger partial charge >= 0.3 is 0 Å². The lowest BCUT2D eigenvalue weighted by Crippen LogP contribution is -2.34. The Morgan fingerprint density at radius 2 is 2.17 bits per heavy atom. The highest BCUT2D eigenvalue weighted by Gasteiger charge is 2.27. The van der Waals surface area contributed by atoms with E-state index in [0.29, 0.717) is 19.0 Å². The van der Waals surface area contributed by atoms with Crippen LogP contribution in [-0.2, 0) is 16.6 Å². The fraction of sp³-hybridized carbons (Fsp3) is 0.583. The van der Waals surface area contributed by atoms with Gasteiger partial charge in [-0.3, -0.25) is 0 Å². The Hall–Kier alpha value is -0.980. The highest BCUT2D eigenvalue weighted by atomic mass is 32.2. The van der Waals surface area contributed by atoms with Crippen molar-refractivity contribution < 1.29 is 8.42 Å². The number of nitrogens with two attached hydrogens (primary N) is 1. The van der Waals surface area contributed by atoms with Crippen LogP contribution in [0.2, 0.25) is 0 Å². The van der Waals surface area contributed by atoms with Crippen molar-refractivity contribution in [2.24, 2.45) is 11.7 Å². The van der Waals surface area contributed by atoms with Gasteiger partial charge in [-0.25, -0.2) is 13.4 Å². The minimum atomic E-state index is -3.45. The van der Waals surface area contributed by atoms with E-state index in [0.717, 1.165) is 18.4 Å². The SMILES string of the molecule is CN(CC1CCC1)S(=O)(=O)c1ccc(CN)cn1. The van der Waals surface area contributed by atoms with Crippen LogP contribution in [0.4, 0.5) is 0 Å². The third kappa shape index (κ3) is 2.71. The van der Waals surface area contributed by atoms with E-state index >= 15 is 0 Å². The zero-order valence-electron chi connectivity index (χ0n) is 10.5. The summed E-state index contributed by atoms with van der Waals surface area (Å²) in [5.74, 6) is 0.507. The van der Waals surface area contributed by atoms with Crippen molar-refractivity contribution in [2.75, 3.05) is 13.6 Å². The highest BCUT2D eigenvalue weighted by molar-refractivity contribution is 7.89. The molecule has 1 saturated carbocycles. The van der Waals surface area contributed by atoms with Crippen molar-refractivity contribution in [3.63, 3.8) is 0 Å². The number of sulfonamides is 1. The van der Waals surface area contributed by atoms with Gasteiger partial charge in [-0.1, -0.05) is 12.5 Å². The molecule has 1 aliphatic rings. The van der Waals surface area contributed by atoms with Crippen LogP contribution in [0.15, 0.2) is 23.4 Å². The topological polar surface area (TPSA) is 76.3 Å². The number of rotatable bonds is 5. The summed E-state index contributed by atoms with van der Waals surface area (Å²) in [6, 6.07) is 3.23. The summed E-state index contributed by atoms with van der Waals surface area (Å²) in [7, 11) is -1.84. The average Bonchev–Trinajstić information content (AvgIpc) is 2.33. The fourth-order valence-corrected chi connectivity index (χ4v) is 3.13. The zero-order valence-corrected chi connectivity index (χ0v) is 11.4. The molecule has 5 nitrogen and oxygen atoms in total. The summed E-state index contributed by atoms with van der Waals surface area (Å²) in [5.41, 5.74) is 6.29. The Kier molecular flexibility index (Phi) is 3.99. The standard InChI is InChI=1S/C12H19N3O2S/c1-15(9-10-3-2-4-10)18(16,17)12-6-5-11(7-13)8-14-12/h5-6,8,10H,2-4,7,9,13H2,1H3. The predicted octanol–water partition coefficient (Wildman–Crippen LogP) is 0.961. The Morgan fingerprint density at radius 1 is 1.44 bits per heavy atom. The van der Waals surface area contributed by atoms with Crippen molar-refractivity contribution in [1.29, 1.82) is 0 Å². The molecule has 2 N–H and O–H groups in total. The van der Waals surface area contributed by atoms with Crippen LogP contribution in [0.5, 0.6) is 0 Å². The maximum atomic E-state index is 12.2. The number of pyridine rings is 1. The first kappa shape index (κ1) is 13.5. The summed E-state index contributed by atoms with van der Waals surface area (Å²) in [5, 5.41) is 0.0986. The van der Waals surface area contributed by atoms with Gasteiger partial charge in [0.2, 0.25) is 0 Å². The first-order valence-electron chi connectivity index (χ1n) is 6.15. The molecule has 0 amide bonds. The fourth-order valence-electron chi connectivity index (χ4n) is 1.98. The van der Waals surface area contributed by atoms with E-state index in [1.54, 1.807) is 13.1 Å². The Balaban J connectivity index is 2.12. The third-order valence-corrected chi connectivity index (χ3v) is 5.19. The second-order valence-corrected chi connectivity index (χ2v) is 6.78. The van der Waals surface area contributed by atoms with Crippen LogP contribution < -0.4 is 5.73 Å². The monoisotopic (exact) mass is 269 g/mol. The van der Waals surface area contributed by atoms with Gasteiger partial charge in [0.05, 0.1) is 0 Å². The van der Waals surface area contributed by atoms with Crippen LogP contribution >= 0.6 is 0 Å². The first-order valence-corrected chi connectivity index (χ1v) is 7.59. The Bertz CT molecular complexity index is 495. The van der Waals surface area contributed by atoms with E-state index in [1.807, 2.05) is 0 Å². The molecule has 1 aliphatic carbocycles. The van der Waals surface area contributed by atoms with Crippen LogP contribution in [0.1, 0.15) is 24.8 Å². The van der Waals surface area contributed by atoms with Gasteiger partial charge < -0.3 is 5.73 Å². The van der Waals surface area contributed by atoms with Crippen LogP contribution in [0.3, 0.4) is 0 Å². The predicted molar refractivity (Wildman–Crippen MR) is 69.3 cm³/mol. The van der Waals surface area contributed by atoms with Gasteiger partial charge in [-0.05, 0) is 30.4 Å². The third-order valence-electron chi connectivity index (χ3n) is 3.45. The molecule has 100 valence electrons. The molecule has 1 aromatic rings. The van der Waals surface area contributed by atoms with Gasteiger partial charge in [0.1, 0.15) is 0 Å². The molecule has 0 unspecified atom stereocenters. The van der Waals surface area contributed by atoms with Crippen LogP contribution in [0.25, 0.3) is 0 Å². The number of aromatic nitrogens is 1. The second-order valence-electron chi connectivity index (χ2n) is 4.79. The van der Waals surface area contributed by atoms with Gasteiger partial charge in [0.15, 0.2) is 5.03 Å². The van der Waals surface area contributed by atoms with Crippen molar-refractivity contribution in [1.82, 2.24) is 9.29 Å². The molecule has 0 radical (unpaired) electrons. The number of nitrogens with zero attached hydrogens (tertiary/aromatic N) is 2. The molecule has 0 spiro atoms. The van der Waals surface area contributed by atoms with Gasteiger partial charge in [-0.15, -0.1) is 0 Å². The maximum absolute atomic E-state index is 12.2. The minimum absolute atomic E-state index is 0.0986. The molecule has 0 aliphatic heterocycles. The largest absolute Gasteiger partial charge is 0.326 e. The average molecular weight is 269 g/mol. The lowest BCUT2D eigenvalue weighted by molar-refractivity contribution is 0.262. The van der Waals surface area contributed by atoms with E-state index < -0.39 is 10.0 Å². The quantitative estimate of drug-likeness (QED) is 0.864. The van der Waals surface area contributed by atoms with E-state index in [-0.39, 0.29) is 5.03 Å². The Labute approximate surface area is 108 Å². The second kappa shape index (κ2) is 5.34. The first-order chi connectivity index (χ1) is 8.54. The van der Waals surface area contributed by atoms with E-state index in [9.17, 15) is 8.42 Å². The molecule has 18 heavy (non-hydrogen) atoms. The molecular formula is C12H19N3O2S. The van der Waals surface area contributed by atoms with Crippen LogP contribution in [0, 0.1) is 5.92 Å². The molecule has 0 atom stereocenters. The van der Waals surface area contributed by atoms with Crippen molar-refractivity contribution >= 4 is 10.0 Å². The summed E-state index contributed by atoms with van der Waals surface area (Å²) in [6.45, 7) is 0.952. The Morgan fingerprint density at radius 3 is 2.61 bits per heavy atom. The lowest BCUT2D eigenvalue weighted by atomic mass is 9.86. The molecule has 1 heterocycles. The maximum Gasteiger partial charge on any atom is 0.260 e. The van der Waals surface area contributed by atoms with Gasteiger partial charge in [0.25, 0.3) is 10.0 Å². The van der Waals surface area contributed by atoms with E-state index in [1.165, 1.54) is 23.0 Å². The molecule has 1 aromatic heterocycles. The zero-order chi connectivity index (χ0) is 13.2. The molecule has 1 fully saturated rings. The minimum Gasteiger partial charge on any atom is -0.326 e. The van der Waals surface area contributed by atoms with Gasteiger partial charge in [0, 0.05) is 26.3 Å². The molecule has 2 rings (SSSR count). The van der Waals surface area contributed by atoms with Crippen molar-refractivity contribution in [3.05, 3.63) is 23.9 Å². The summed E-state index contributed by atoms with van der Waals surface area (Å²) in [6.07, 6.45) is 4.98. The van der Waals surface area contributed by atoms with E-state index in [4.69, 9.17) is 5.73 Å². The molecule has 0 saturated heterocycles. The number of hydrogen-bond donors (Lipinski definition) is 1. The normalized spacial score (nSPS) is 16.8. The molecule has 0 aromatic carbocycles. The number of hydrogen-bond acceptors (Lipinski definition) is 4. The highest BCUT2D eigenvalue weighted by Crippen LogP contribution is 2.28. The van der Waals surface area contributed by atoms with Crippen molar-refractivity contribution in [3.8, 4) is 0 Å². The van der Waals surface area contributed by atoms with Crippen LogP contribution in [-0.4, -0.2) is 31.3 Å². The van der Waals surface area contributed by atoms with E-state index in [2.05, 4.69) is 4.98 Å².